The molecule has 2 saturated carbocycles. The first kappa shape index (κ1) is 30.9. The third-order valence-corrected chi connectivity index (χ3v) is 11.7. The molecule has 4 aliphatic rings. The maximum absolute atomic E-state index is 13.9. The van der Waals surface area contributed by atoms with E-state index in [1.165, 1.54) is 6.07 Å². The monoisotopic (exact) mass is 629 g/mol. The molecule has 2 aliphatic heterocycles. The number of likely N-dealkylation sites (tertiary alicyclic amines) is 1. The lowest BCUT2D eigenvalue weighted by atomic mass is 10.0. The minimum absolute atomic E-state index is 0.0279. The van der Waals surface area contributed by atoms with E-state index in [2.05, 4.69) is 35.9 Å². The molecule has 1 aromatic rings. The summed E-state index contributed by atoms with van der Waals surface area (Å²) in [6.45, 7) is 8.95. The van der Waals surface area contributed by atoms with Crippen LogP contribution >= 0.6 is 11.6 Å². The smallest absolute Gasteiger partial charge is 0.369 e. The van der Waals surface area contributed by atoms with E-state index >= 15 is 0 Å². The second-order valence-electron chi connectivity index (χ2n) is 12.9. The summed E-state index contributed by atoms with van der Waals surface area (Å²) in [7, 11) is -4.25. The molecule has 0 bridgehead atoms. The fraction of sp³-hybridized carbons (Fsp3) is 0.679. The zero-order valence-electron chi connectivity index (χ0n) is 23.8. The van der Waals surface area contributed by atoms with Gasteiger partial charge in [-0.2, -0.15) is 18.4 Å². The summed E-state index contributed by atoms with van der Waals surface area (Å²) in [5.41, 5.74) is -2.98. The maximum atomic E-state index is 13.9. The third-order valence-electron chi connectivity index (χ3n) is 9.11. The molecule has 230 valence electrons. The van der Waals surface area contributed by atoms with Crippen molar-refractivity contribution in [3.8, 4) is 6.07 Å². The van der Waals surface area contributed by atoms with Crippen LogP contribution in [0.5, 0.6) is 0 Å². The van der Waals surface area contributed by atoms with Gasteiger partial charge in [0.2, 0.25) is 11.8 Å². The Balaban J connectivity index is 1.38. The number of amides is 2. The Kier molecular flexibility index (Phi) is 7.55. The lowest BCUT2D eigenvalue weighted by Gasteiger charge is -2.43. The van der Waals surface area contributed by atoms with E-state index in [-0.39, 0.29) is 15.5 Å². The van der Waals surface area contributed by atoms with E-state index in [1.54, 1.807) is 12.1 Å². The van der Waals surface area contributed by atoms with Gasteiger partial charge in [0.15, 0.2) is 9.84 Å². The van der Waals surface area contributed by atoms with Gasteiger partial charge in [0.25, 0.3) is 0 Å². The molecule has 0 aromatic heterocycles. The molecule has 4 fully saturated rings. The van der Waals surface area contributed by atoms with Crippen LogP contribution in [0.4, 0.5) is 18.9 Å². The van der Waals surface area contributed by atoms with Crippen LogP contribution in [-0.2, 0) is 19.4 Å². The fourth-order valence-corrected chi connectivity index (χ4v) is 8.19. The summed E-state index contributed by atoms with van der Waals surface area (Å²) in [6, 6.07) is 5.12. The van der Waals surface area contributed by atoms with E-state index in [0.29, 0.717) is 12.8 Å². The molecule has 9 nitrogen and oxygen atoms in total. The molecule has 2 atom stereocenters. The molecule has 5 rings (SSSR count). The lowest BCUT2D eigenvalue weighted by molar-refractivity contribution is -0.199. The van der Waals surface area contributed by atoms with Gasteiger partial charge in [0.05, 0.1) is 21.2 Å². The van der Waals surface area contributed by atoms with Gasteiger partial charge in [0.1, 0.15) is 17.0 Å². The van der Waals surface area contributed by atoms with Gasteiger partial charge in [-0.15, -0.1) is 0 Å². The molecule has 0 radical (unpaired) electrons. The highest BCUT2D eigenvalue weighted by Gasteiger charge is 2.70. The lowest BCUT2D eigenvalue weighted by Crippen LogP contribution is -2.53. The van der Waals surface area contributed by atoms with Gasteiger partial charge in [0, 0.05) is 44.0 Å². The van der Waals surface area contributed by atoms with Crippen LogP contribution < -0.4 is 10.2 Å². The Morgan fingerprint density at radius 3 is 2.17 bits per heavy atom. The van der Waals surface area contributed by atoms with Gasteiger partial charge < -0.3 is 15.1 Å². The Morgan fingerprint density at radius 1 is 1.07 bits per heavy atom. The van der Waals surface area contributed by atoms with E-state index in [0.717, 1.165) is 36.8 Å². The maximum Gasteiger partial charge on any atom is 0.403 e. The topological polar surface area (TPSA) is 114 Å². The number of carbonyl (C=O) groups excluding carboxylic acids is 2. The number of rotatable bonds is 6. The van der Waals surface area contributed by atoms with Crippen LogP contribution in [0.1, 0.15) is 52.9 Å². The van der Waals surface area contributed by atoms with Crippen molar-refractivity contribution in [2.24, 2.45) is 5.41 Å². The number of benzene rings is 1. The first-order valence-electron chi connectivity index (χ1n) is 14.1. The second kappa shape index (κ2) is 10.3. The SMILES string of the molecule is CC(C)(C)N1CCN(c2ccc(S(=O)(=O)[C@@H]3C[C@@H](C(=O)NC4(C#N)CC4)N(C(=O)C4(C(F)(F)F)CC4)C3)c(Cl)c2)CC1. The highest BCUT2D eigenvalue weighted by Crippen LogP contribution is 2.59. The van der Waals surface area contributed by atoms with Crippen molar-refractivity contribution in [2.45, 2.75) is 86.3 Å². The molecule has 2 aliphatic carbocycles. The number of halogens is 4. The van der Waals surface area contributed by atoms with Gasteiger partial charge in [-0.05, 0) is 71.1 Å². The van der Waals surface area contributed by atoms with Gasteiger partial charge >= 0.3 is 6.18 Å². The quantitative estimate of drug-likeness (QED) is 0.512. The molecule has 2 amide bonds. The van der Waals surface area contributed by atoms with Crippen molar-refractivity contribution < 1.29 is 31.2 Å². The number of nitrogens with one attached hydrogen (secondary N) is 1. The number of nitrogens with zero attached hydrogens (tertiary/aromatic N) is 4. The van der Waals surface area contributed by atoms with E-state index in [4.69, 9.17) is 11.6 Å². The number of hydrogen-bond acceptors (Lipinski definition) is 7. The minimum atomic E-state index is -4.83. The highest BCUT2D eigenvalue weighted by molar-refractivity contribution is 7.92. The molecule has 0 spiro atoms. The van der Waals surface area contributed by atoms with Gasteiger partial charge in [-0.3, -0.25) is 14.5 Å². The first-order valence-corrected chi connectivity index (χ1v) is 16.0. The molecule has 42 heavy (non-hydrogen) atoms. The summed E-state index contributed by atoms with van der Waals surface area (Å²) < 4.78 is 69.1. The Morgan fingerprint density at radius 2 is 1.69 bits per heavy atom. The van der Waals surface area contributed by atoms with E-state index in [9.17, 15) is 36.4 Å². The average molecular weight is 630 g/mol. The van der Waals surface area contributed by atoms with Crippen molar-refractivity contribution in [1.29, 1.82) is 5.26 Å². The molecular formula is C28H35ClF3N5O4S. The summed E-state index contributed by atoms with van der Waals surface area (Å²) in [5, 5.41) is 10.5. The molecule has 1 aromatic carbocycles. The Labute approximate surface area is 248 Å². The van der Waals surface area contributed by atoms with Crippen molar-refractivity contribution in [1.82, 2.24) is 15.1 Å². The highest BCUT2D eigenvalue weighted by atomic mass is 35.5. The summed E-state index contributed by atoms with van der Waals surface area (Å²) in [6.07, 6.45) is -5.32. The fourth-order valence-electron chi connectivity index (χ4n) is 5.95. The largest absolute Gasteiger partial charge is 0.403 e. The number of anilines is 1. The van der Waals surface area contributed by atoms with Crippen molar-refractivity contribution in [3.05, 3.63) is 23.2 Å². The molecule has 1 N–H and O–H groups in total. The zero-order valence-corrected chi connectivity index (χ0v) is 25.4. The van der Waals surface area contributed by atoms with Crippen LogP contribution in [-0.4, -0.2) is 91.3 Å². The number of alkyl halides is 3. The van der Waals surface area contributed by atoms with Crippen molar-refractivity contribution in [2.75, 3.05) is 37.6 Å². The molecule has 14 heteroatoms. The second-order valence-corrected chi connectivity index (χ2v) is 15.5. The third kappa shape index (κ3) is 5.46. The van der Waals surface area contributed by atoms with Gasteiger partial charge in [-0.25, -0.2) is 8.42 Å². The van der Waals surface area contributed by atoms with Crippen molar-refractivity contribution >= 4 is 38.9 Å². The van der Waals surface area contributed by atoms with E-state index in [1.807, 2.05) is 6.07 Å². The molecule has 2 heterocycles. The summed E-state index contributed by atoms with van der Waals surface area (Å²) >= 11 is 6.51. The van der Waals surface area contributed by atoms with Crippen LogP contribution in [0, 0.1) is 16.7 Å². The molecule has 0 unspecified atom stereocenters. The normalized spacial score (nSPS) is 25.6. The standard InChI is InChI=1S/C28H35ClF3N5O4S/c1-25(2,3)36-12-10-35(11-13-36)18-4-5-22(20(29)14-18)42(40,41)19-15-21(23(38)34-26(17-33)6-7-26)37(16-19)24(39)27(8-9-27)28(30,31)32/h4-5,14,19,21H,6-13,15-16H2,1-3H3,(H,34,38)/t19-,21+/m1/s1. The van der Waals surface area contributed by atoms with Crippen LogP contribution in [0.2, 0.25) is 5.02 Å². The van der Waals surface area contributed by atoms with Crippen LogP contribution in [0.25, 0.3) is 0 Å². The Hall–Kier alpha value is -2.56. The zero-order chi connectivity index (χ0) is 30.9. The average Bonchev–Trinajstić information content (AvgIpc) is 3.83. The first-order chi connectivity index (χ1) is 19.4. The number of hydrogen-bond donors (Lipinski definition) is 1. The number of sulfone groups is 1. The van der Waals surface area contributed by atoms with E-state index < -0.39 is 75.9 Å². The summed E-state index contributed by atoms with van der Waals surface area (Å²) in [4.78, 5) is 31.5. The van der Waals surface area contributed by atoms with Gasteiger partial charge in [-0.1, -0.05) is 11.6 Å². The number of nitriles is 1. The minimum Gasteiger partial charge on any atom is -0.369 e. The van der Waals surface area contributed by atoms with Crippen molar-refractivity contribution in [3.63, 3.8) is 0 Å². The molecule has 2 saturated heterocycles. The predicted molar refractivity (Wildman–Crippen MR) is 150 cm³/mol. The number of carbonyl (C=O) groups is 2. The van der Waals surface area contributed by atoms with Crippen LogP contribution in [0.3, 0.4) is 0 Å². The predicted octanol–water partition coefficient (Wildman–Crippen LogP) is 3.52. The van der Waals surface area contributed by atoms with Crippen LogP contribution in [0.15, 0.2) is 23.1 Å². The summed E-state index contributed by atoms with van der Waals surface area (Å²) in [5.74, 6) is -2.13. The number of piperazine rings is 1. The molecular weight excluding hydrogens is 595 g/mol. The Bertz CT molecular complexity index is 1420.